The Balaban J connectivity index is 2.19. The number of hydrogen-bond acceptors (Lipinski definition) is 5. The maximum Gasteiger partial charge on any atom is 0.322 e. The summed E-state index contributed by atoms with van der Waals surface area (Å²) >= 11 is 0. The van der Waals surface area contributed by atoms with Gasteiger partial charge in [-0.3, -0.25) is 4.79 Å². The molecule has 0 aromatic heterocycles. The van der Waals surface area contributed by atoms with Crippen molar-refractivity contribution in [1.29, 1.82) is 0 Å². The summed E-state index contributed by atoms with van der Waals surface area (Å²) in [7, 11) is 1.47. The lowest BCUT2D eigenvalue weighted by atomic mass is 10.0. The van der Waals surface area contributed by atoms with Crippen molar-refractivity contribution >= 4 is 5.97 Å². The molecule has 23 heavy (non-hydrogen) atoms. The topological polar surface area (TPSA) is 70.8 Å². The van der Waals surface area contributed by atoms with Crippen molar-refractivity contribution in [3.63, 3.8) is 0 Å². The highest BCUT2D eigenvalue weighted by molar-refractivity contribution is 5.75. The number of carbonyl (C=O) groups excluding carboxylic acids is 1. The number of hydrogen-bond donors (Lipinski definition) is 1. The molecule has 2 N–H and O–H groups in total. The van der Waals surface area contributed by atoms with E-state index in [2.05, 4.69) is 0 Å². The summed E-state index contributed by atoms with van der Waals surface area (Å²) in [5.41, 5.74) is 6.19. The third kappa shape index (κ3) is 4.91. The van der Waals surface area contributed by atoms with Crippen molar-refractivity contribution in [3.8, 4) is 5.75 Å². The molecular formula is C17H24FNO4. The fraction of sp³-hybridized carbons (Fsp3) is 0.588. The van der Waals surface area contributed by atoms with Crippen molar-refractivity contribution in [1.82, 2.24) is 0 Å². The predicted octanol–water partition coefficient (Wildman–Crippen LogP) is 2.58. The molecule has 3 atom stereocenters. The van der Waals surface area contributed by atoms with Gasteiger partial charge in [0.1, 0.15) is 29.8 Å². The molecule has 5 nitrogen and oxygen atoms in total. The van der Waals surface area contributed by atoms with Gasteiger partial charge in [-0.25, -0.2) is 4.39 Å². The van der Waals surface area contributed by atoms with Gasteiger partial charge in [-0.15, -0.1) is 0 Å². The molecule has 0 saturated heterocycles. The Labute approximate surface area is 135 Å². The fourth-order valence-electron chi connectivity index (χ4n) is 2.27. The van der Waals surface area contributed by atoms with E-state index in [9.17, 15) is 9.18 Å². The molecule has 0 radical (unpaired) electrons. The van der Waals surface area contributed by atoms with E-state index >= 15 is 0 Å². The summed E-state index contributed by atoms with van der Waals surface area (Å²) in [6.45, 7) is 3.87. The van der Waals surface area contributed by atoms with Crippen LogP contribution in [0, 0.1) is 11.7 Å². The number of benzene rings is 1. The van der Waals surface area contributed by atoms with Gasteiger partial charge in [0.25, 0.3) is 0 Å². The smallest absolute Gasteiger partial charge is 0.322 e. The Bertz CT molecular complexity index is 545. The van der Waals surface area contributed by atoms with Crippen molar-refractivity contribution in [2.75, 3.05) is 13.7 Å². The fourth-order valence-corrected chi connectivity index (χ4v) is 2.27. The minimum Gasteiger partial charge on any atom is -0.496 e. The van der Waals surface area contributed by atoms with Gasteiger partial charge in [0.2, 0.25) is 0 Å². The molecule has 0 aliphatic heterocycles. The van der Waals surface area contributed by atoms with Crippen LogP contribution in [0.4, 0.5) is 4.39 Å². The van der Waals surface area contributed by atoms with Crippen LogP contribution in [-0.2, 0) is 14.3 Å². The summed E-state index contributed by atoms with van der Waals surface area (Å²) in [6, 6.07) is 3.52. The van der Waals surface area contributed by atoms with Crippen LogP contribution in [0.25, 0.3) is 0 Å². The summed E-state index contributed by atoms with van der Waals surface area (Å²) in [4.78, 5) is 11.8. The molecule has 128 valence electrons. The highest BCUT2D eigenvalue weighted by Gasteiger charge is 2.30. The van der Waals surface area contributed by atoms with Crippen LogP contribution in [0.15, 0.2) is 18.2 Å². The summed E-state index contributed by atoms with van der Waals surface area (Å²) < 4.78 is 30.0. The molecule has 2 rings (SSSR count). The van der Waals surface area contributed by atoms with E-state index in [1.165, 1.54) is 19.2 Å². The maximum atomic E-state index is 13.4. The molecule has 1 saturated carbocycles. The first-order chi connectivity index (χ1) is 10.9. The number of halogens is 1. The number of nitrogens with two attached hydrogens (primary N) is 1. The molecule has 6 heteroatoms. The van der Waals surface area contributed by atoms with Crippen LogP contribution < -0.4 is 10.5 Å². The number of ether oxygens (including phenoxy) is 3. The van der Waals surface area contributed by atoms with E-state index in [-0.39, 0.29) is 0 Å². The quantitative estimate of drug-likeness (QED) is 0.744. The first-order valence-electron chi connectivity index (χ1n) is 7.83. The second-order valence-electron chi connectivity index (χ2n) is 6.01. The second kappa shape index (κ2) is 7.75. The first-order valence-corrected chi connectivity index (χ1v) is 7.83. The van der Waals surface area contributed by atoms with Crippen LogP contribution >= 0.6 is 0 Å². The Morgan fingerprint density at radius 3 is 2.65 bits per heavy atom. The van der Waals surface area contributed by atoms with Crippen LogP contribution in [0.2, 0.25) is 0 Å². The lowest BCUT2D eigenvalue weighted by Crippen LogP contribution is -2.34. The van der Waals surface area contributed by atoms with Crippen LogP contribution in [0.3, 0.4) is 0 Å². The molecule has 0 amide bonds. The van der Waals surface area contributed by atoms with Gasteiger partial charge >= 0.3 is 5.97 Å². The van der Waals surface area contributed by atoms with Crippen molar-refractivity contribution in [2.45, 2.75) is 44.9 Å². The van der Waals surface area contributed by atoms with Crippen LogP contribution in [0.1, 0.15) is 38.4 Å². The third-order valence-corrected chi connectivity index (χ3v) is 3.81. The van der Waals surface area contributed by atoms with Gasteiger partial charge in [-0.1, -0.05) is 0 Å². The minimum absolute atomic E-state index is 0.370. The lowest BCUT2D eigenvalue weighted by Gasteiger charge is -2.26. The zero-order valence-electron chi connectivity index (χ0n) is 13.8. The third-order valence-electron chi connectivity index (χ3n) is 3.81. The molecule has 1 aliphatic rings. The Kier molecular flexibility index (Phi) is 5.96. The second-order valence-corrected chi connectivity index (χ2v) is 6.01. The van der Waals surface area contributed by atoms with Gasteiger partial charge in [-0.05, 0) is 44.7 Å². The van der Waals surface area contributed by atoms with Gasteiger partial charge < -0.3 is 19.9 Å². The largest absolute Gasteiger partial charge is 0.496 e. The average molecular weight is 325 g/mol. The zero-order chi connectivity index (χ0) is 17.0. The van der Waals surface area contributed by atoms with Crippen molar-refractivity contribution in [2.24, 2.45) is 11.7 Å². The summed E-state index contributed by atoms with van der Waals surface area (Å²) in [6.07, 6.45) is 1.18. The predicted molar refractivity (Wildman–Crippen MR) is 83.6 cm³/mol. The summed E-state index contributed by atoms with van der Waals surface area (Å²) in [5, 5.41) is 0. The Morgan fingerprint density at radius 1 is 1.39 bits per heavy atom. The number of methoxy groups -OCH3 is 1. The first kappa shape index (κ1) is 17.7. The molecule has 0 unspecified atom stereocenters. The maximum absolute atomic E-state index is 13.4. The van der Waals surface area contributed by atoms with E-state index in [1.54, 1.807) is 19.9 Å². The van der Waals surface area contributed by atoms with Crippen molar-refractivity contribution in [3.05, 3.63) is 29.6 Å². The van der Waals surface area contributed by atoms with E-state index < -0.39 is 30.0 Å². The molecule has 1 aliphatic carbocycles. The zero-order valence-corrected chi connectivity index (χ0v) is 13.8. The Morgan fingerprint density at radius 2 is 2.09 bits per heavy atom. The summed E-state index contributed by atoms with van der Waals surface area (Å²) in [5.74, 6) is 0.0140. The van der Waals surface area contributed by atoms with Gasteiger partial charge in [-0.2, -0.15) is 0 Å². The molecule has 0 spiro atoms. The lowest BCUT2D eigenvalue weighted by molar-refractivity contribution is -0.158. The van der Waals surface area contributed by atoms with E-state index in [0.29, 0.717) is 23.8 Å². The molecule has 1 fully saturated rings. The number of esters is 1. The van der Waals surface area contributed by atoms with E-state index in [4.69, 9.17) is 19.9 Å². The van der Waals surface area contributed by atoms with E-state index in [1.807, 2.05) is 0 Å². The highest BCUT2D eigenvalue weighted by atomic mass is 19.1. The monoisotopic (exact) mass is 325 g/mol. The molecule has 0 heterocycles. The van der Waals surface area contributed by atoms with Gasteiger partial charge in [0.15, 0.2) is 0 Å². The number of carbonyl (C=O) groups is 1. The van der Waals surface area contributed by atoms with Gasteiger partial charge in [0.05, 0.1) is 13.7 Å². The SMILES string of the molecule is COc1cc(F)ccc1[C@@H](OCC1CC1)[C@H](C)OC(=O)[C@H](C)N. The molecule has 0 bridgehead atoms. The average Bonchev–Trinajstić information content (AvgIpc) is 3.32. The van der Waals surface area contributed by atoms with E-state index in [0.717, 1.165) is 12.8 Å². The highest BCUT2D eigenvalue weighted by Crippen LogP contribution is 2.36. The number of rotatable bonds is 8. The van der Waals surface area contributed by atoms with Crippen LogP contribution in [-0.4, -0.2) is 31.8 Å². The molecule has 1 aromatic carbocycles. The minimum atomic E-state index is -0.711. The Hall–Kier alpha value is -1.66. The molecular weight excluding hydrogens is 301 g/mol. The molecule has 1 aromatic rings. The van der Waals surface area contributed by atoms with Gasteiger partial charge in [0, 0.05) is 11.6 Å². The normalized spacial score (nSPS) is 18.1. The van der Waals surface area contributed by atoms with Crippen molar-refractivity contribution < 1.29 is 23.4 Å². The van der Waals surface area contributed by atoms with Crippen LogP contribution in [0.5, 0.6) is 5.75 Å². The standard InChI is InChI=1S/C17H24FNO4/c1-10(19)17(20)23-11(2)16(22-9-12-4-5-12)14-7-6-13(18)8-15(14)21-3/h6-8,10-12,16H,4-5,9,19H2,1-3H3/t10-,11-,16-/m0/s1.